The molecule has 0 unspecified atom stereocenters. The van der Waals surface area contributed by atoms with Crippen molar-refractivity contribution in [3.05, 3.63) is 179 Å². The van der Waals surface area contributed by atoms with Gasteiger partial charge in [-0.3, -0.25) is 0 Å². The molecule has 0 heterocycles. The van der Waals surface area contributed by atoms with Crippen molar-refractivity contribution >= 4 is 18.3 Å². The van der Waals surface area contributed by atoms with Gasteiger partial charge in [0.25, 0.3) is 0 Å². The lowest BCUT2D eigenvalue weighted by atomic mass is 9.75. The van der Waals surface area contributed by atoms with Gasteiger partial charge in [0.1, 0.15) is 24.7 Å². The van der Waals surface area contributed by atoms with Crippen LogP contribution in [0.5, 0.6) is 11.5 Å². The standard InChI is InChI=1S/C25H32.C21H24O2.C3H10Si.C2H8Si/c1-9-11-21-15-23(13-17(3)19(21)5)25(7,8)24-14-18(4)20(6)22(16-24)12-10-2;1-5-15-22-19-11-7-17(8-12-19)21(3,4)18-9-13-20(14-10-18)23-16-6-2;1-4(2)3;1-3-2/h9-10,13-16H,1-2,11-12H2,3-8H3;5-14H,1-2,15-16H2,3-4H3;4H,1-3H3;3H2,1-2H3. The molecule has 4 rings (SSSR count). The fourth-order valence-electron chi connectivity index (χ4n) is 5.90. The minimum absolute atomic E-state index is 0.0389. The van der Waals surface area contributed by atoms with E-state index in [2.05, 4.69) is 163 Å². The van der Waals surface area contributed by atoms with Gasteiger partial charge in [-0.05, 0) is 120 Å². The van der Waals surface area contributed by atoms with Gasteiger partial charge >= 0.3 is 0 Å². The quantitative estimate of drug-likeness (QED) is 0.0938. The molecule has 0 saturated heterocycles. The zero-order chi connectivity index (χ0) is 41.8. The minimum Gasteiger partial charge on any atom is -0.490 e. The molecule has 4 heteroatoms. The molecule has 0 aliphatic heterocycles. The van der Waals surface area contributed by atoms with Gasteiger partial charge in [-0.2, -0.15) is 0 Å². The van der Waals surface area contributed by atoms with Crippen LogP contribution in [-0.2, 0) is 23.7 Å². The fourth-order valence-corrected chi connectivity index (χ4v) is 5.90. The Morgan fingerprint density at radius 1 is 0.527 bits per heavy atom. The second kappa shape index (κ2) is 24.4. The van der Waals surface area contributed by atoms with E-state index in [-0.39, 0.29) is 19.6 Å². The van der Waals surface area contributed by atoms with Crippen LogP contribution in [0, 0.1) is 27.7 Å². The summed E-state index contributed by atoms with van der Waals surface area (Å²) >= 11 is 0. The van der Waals surface area contributed by atoms with Crippen LogP contribution in [0.15, 0.2) is 123 Å². The van der Waals surface area contributed by atoms with Crippen molar-refractivity contribution < 1.29 is 9.47 Å². The monoisotopic (exact) mass is 775 g/mol. The third-order valence-corrected chi connectivity index (χ3v) is 9.61. The normalized spacial score (nSPS) is 10.7. The largest absolute Gasteiger partial charge is 0.490 e. The summed E-state index contributed by atoms with van der Waals surface area (Å²) in [5.74, 6) is 1.72. The van der Waals surface area contributed by atoms with Crippen molar-refractivity contribution in [2.45, 2.75) is 112 Å². The number of hydrogen-bond acceptors (Lipinski definition) is 2. The first-order valence-corrected chi connectivity index (χ1v) is 26.3. The summed E-state index contributed by atoms with van der Waals surface area (Å²) in [5, 5.41) is 0. The topological polar surface area (TPSA) is 18.5 Å². The van der Waals surface area contributed by atoms with Gasteiger partial charge in [0.15, 0.2) is 0 Å². The average Bonchev–Trinajstić information content (AvgIpc) is 3.14. The summed E-state index contributed by atoms with van der Waals surface area (Å²) in [4.78, 5) is 0. The summed E-state index contributed by atoms with van der Waals surface area (Å²) in [6.07, 6.45) is 9.33. The van der Waals surface area contributed by atoms with E-state index in [1.54, 1.807) is 12.2 Å². The molecule has 2 nitrogen and oxygen atoms in total. The van der Waals surface area contributed by atoms with E-state index in [0.29, 0.717) is 22.7 Å². The van der Waals surface area contributed by atoms with Crippen LogP contribution in [0.4, 0.5) is 0 Å². The first kappa shape index (κ1) is 48.9. The van der Waals surface area contributed by atoms with Gasteiger partial charge in [-0.15, -0.1) is 13.2 Å². The highest BCUT2D eigenvalue weighted by Crippen LogP contribution is 2.36. The SMILES string of the molecule is C=CCOc1ccc(C(C)(C)c2ccc(OCC=C)cc2)cc1.C=CCc1cc(C(C)(C)c2cc(C)c(C)c(CC=C)c2)cc(C)c1C.C[SiH2]C.C[SiH](C)C. The lowest BCUT2D eigenvalue weighted by Crippen LogP contribution is -2.20. The first-order chi connectivity index (χ1) is 25.9. The third-order valence-electron chi connectivity index (χ3n) is 9.61. The lowest BCUT2D eigenvalue weighted by Gasteiger charge is -2.29. The summed E-state index contributed by atoms with van der Waals surface area (Å²) in [6.45, 7) is 45.6. The number of benzene rings is 4. The van der Waals surface area contributed by atoms with Gasteiger partial charge in [-0.1, -0.05) is 146 Å². The number of allylic oxidation sites excluding steroid dienone is 2. The Labute approximate surface area is 341 Å². The second-order valence-electron chi connectivity index (χ2n) is 16.1. The molecule has 0 fully saturated rings. The van der Waals surface area contributed by atoms with Gasteiger partial charge in [0, 0.05) is 29.1 Å². The van der Waals surface area contributed by atoms with Gasteiger partial charge in [-0.25, -0.2) is 0 Å². The van der Waals surface area contributed by atoms with Crippen LogP contribution in [0.1, 0.15) is 83.3 Å². The molecule has 0 aliphatic rings. The molecular formula is C51H74O2Si2. The molecule has 55 heavy (non-hydrogen) atoms. The van der Waals surface area contributed by atoms with E-state index in [4.69, 9.17) is 9.47 Å². The summed E-state index contributed by atoms with van der Waals surface area (Å²) in [7, 11) is 0.278. The van der Waals surface area contributed by atoms with E-state index in [1.165, 1.54) is 55.6 Å². The molecular weight excluding hydrogens is 701 g/mol. The second-order valence-corrected chi connectivity index (χ2v) is 21.0. The molecule has 0 saturated carbocycles. The Morgan fingerprint density at radius 2 is 0.818 bits per heavy atom. The van der Waals surface area contributed by atoms with Crippen LogP contribution < -0.4 is 9.47 Å². The van der Waals surface area contributed by atoms with Crippen molar-refractivity contribution in [3.8, 4) is 11.5 Å². The Morgan fingerprint density at radius 3 is 1.09 bits per heavy atom. The highest BCUT2D eigenvalue weighted by atomic mass is 28.3. The van der Waals surface area contributed by atoms with Crippen molar-refractivity contribution in [3.63, 3.8) is 0 Å². The average molecular weight is 775 g/mol. The Bertz CT molecular complexity index is 1650. The van der Waals surface area contributed by atoms with E-state index in [1.807, 2.05) is 36.4 Å². The molecule has 0 spiro atoms. The Kier molecular flexibility index (Phi) is 21.7. The Balaban J connectivity index is 0.000000471. The van der Waals surface area contributed by atoms with E-state index >= 15 is 0 Å². The van der Waals surface area contributed by atoms with E-state index in [0.717, 1.165) is 24.3 Å². The van der Waals surface area contributed by atoms with E-state index in [9.17, 15) is 0 Å². The zero-order valence-electron chi connectivity index (χ0n) is 37.0. The molecule has 0 radical (unpaired) electrons. The third kappa shape index (κ3) is 15.5. The smallest absolute Gasteiger partial charge is 0.119 e. The molecule has 4 aromatic carbocycles. The maximum Gasteiger partial charge on any atom is 0.119 e. The molecule has 0 amide bonds. The van der Waals surface area contributed by atoms with Gasteiger partial charge < -0.3 is 9.47 Å². The van der Waals surface area contributed by atoms with Crippen molar-refractivity contribution in [1.82, 2.24) is 0 Å². The molecule has 0 atom stereocenters. The molecule has 4 aromatic rings. The Hall–Kier alpha value is -4.13. The highest BCUT2D eigenvalue weighted by molar-refractivity contribution is 6.54. The minimum atomic E-state index is -0.139. The number of hydrogen-bond donors (Lipinski definition) is 0. The molecule has 0 aromatic heterocycles. The summed E-state index contributed by atoms with van der Waals surface area (Å²) < 4.78 is 11.1. The van der Waals surface area contributed by atoms with Crippen LogP contribution in [-0.4, -0.2) is 31.5 Å². The van der Waals surface area contributed by atoms with Crippen LogP contribution in [0.3, 0.4) is 0 Å². The number of aryl methyl sites for hydroxylation is 2. The van der Waals surface area contributed by atoms with Crippen molar-refractivity contribution in [1.29, 1.82) is 0 Å². The predicted octanol–water partition coefficient (Wildman–Crippen LogP) is 13.2. The van der Waals surface area contributed by atoms with Crippen molar-refractivity contribution in [2.75, 3.05) is 13.2 Å². The molecule has 0 N–H and O–H groups in total. The highest BCUT2D eigenvalue weighted by Gasteiger charge is 2.26. The summed E-state index contributed by atoms with van der Waals surface area (Å²) in [5.41, 5.74) is 13.3. The lowest BCUT2D eigenvalue weighted by molar-refractivity contribution is 0.363. The number of ether oxygens (including phenoxy) is 2. The molecule has 0 aliphatic carbocycles. The predicted molar refractivity (Wildman–Crippen MR) is 253 cm³/mol. The molecule has 298 valence electrons. The molecule has 0 bridgehead atoms. The van der Waals surface area contributed by atoms with Gasteiger partial charge in [0.2, 0.25) is 0 Å². The van der Waals surface area contributed by atoms with Crippen LogP contribution >= 0.6 is 0 Å². The zero-order valence-corrected chi connectivity index (χ0v) is 39.6. The van der Waals surface area contributed by atoms with E-state index < -0.39 is 0 Å². The van der Waals surface area contributed by atoms with Crippen LogP contribution in [0.2, 0.25) is 32.7 Å². The number of rotatable bonds is 14. The fraction of sp³-hybridized carbons (Fsp3) is 0.373. The summed E-state index contributed by atoms with van der Waals surface area (Å²) in [6, 6.07) is 25.9. The first-order valence-electron chi connectivity index (χ1n) is 20.1. The maximum atomic E-state index is 5.54. The van der Waals surface area contributed by atoms with Crippen molar-refractivity contribution in [2.24, 2.45) is 0 Å². The van der Waals surface area contributed by atoms with Crippen LogP contribution in [0.25, 0.3) is 0 Å². The maximum absolute atomic E-state index is 5.54. The van der Waals surface area contributed by atoms with Gasteiger partial charge in [0.05, 0.1) is 0 Å².